The van der Waals surface area contributed by atoms with Crippen molar-refractivity contribution in [1.82, 2.24) is 4.72 Å². The van der Waals surface area contributed by atoms with Crippen LogP contribution in [0.4, 0.5) is 5.69 Å². The average Bonchev–Trinajstić information content (AvgIpc) is 3.23. The number of fused-ring (bicyclic) bond motifs is 1. The van der Waals surface area contributed by atoms with Crippen LogP contribution in [0.25, 0.3) is 0 Å². The summed E-state index contributed by atoms with van der Waals surface area (Å²) in [5.41, 5.74) is 2.81. The van der Waals surface area contributed by atoms with Gasteiger partial charge in [-0.1, -0.05) is 63.9 Å². The molecule has 0 saturated carbocycles. The Kier molecular flexibility index (Phi) is 14.5. The molecule has 0 aromatic heterocycles. The van der Waals surface area contributed by atoms with Crippen LogP contribution in [0, 0.1) is 11.8 Å². The lowest BCUT2D eigenvalue weighted by Crippen LogP contribution is -2.50. The van der Waals surface area contributed by atoms with Crippen LogP contribution < -0.4 is 14.4 Å². The van der Waals surface area contributed by atoms with Crippen molar-refractivity contribution >= 4 is 57.7 Å². The minimum Gasteiger partial charge on any atom is -0.491 e. The van der Waals surface area contributed by atoms with Gasteiger partial charge in [-0.2, -0.15) is 0 Å². The number of carbonyl (C=O) groups is 1. The number of nitrogens with one attached hydrogen (secondary N) is 1. The quantitative estimate of drug-likeness (QED) is 0.189. The van der Waals surface area contributed by atoms with Crippen LogP contribution in [0.3, 0.4) is 0 Å². The topological polar surface area (TPSA) is 78.9 Å². The van der Waals surface area contributed by atoms with E-state index in [2.05, 4.69) is 61.6 Å². The maximum atomic E-state index is 13.2. The van der Waals surface area contributed by atoms with Crippen molar-refractivity contribution in [2.75, 3.05) is 36.1 Å². The molecule has 0 aliphatic carbocycles. The molecule has 5 unspecified atom stereocenters. The Morgan fingerprint density at radius 1 is 1.17 bits per heavy atom. The van der Waals surface area contributed by atoms with Gasteiger partial charge in [0.25, 0.3) is 5.91 Å². The van der Waals surface area contributed by atoms with E-state index in [0.717, 1.165) is 53.6 Å². The van der Waals surface area contributed by atoms with Crippen molar-refractivity contribution in [1.29, 1.82) is 0 Å². The third-order valence-corrected chi connectivity index (χ3v) is 13.9. The summed E-state index contributed by atoms with van der Waals surface area (Å²) in [6.45, 7) is 14.2. The third kappa shape index (κ3) is 9.53. The molecule has 0 spiro atoms. The molecule has 0 radical (unpaired) electrons. The number of benzene rings is 2. The summed E-state index contributed by atoms with van der Waals surface area (Å²) in [6, 6.07) is 11.7. The van der Waals surface area contributed by atoms with Crippen LogP contribution in [0.2, 0.25) is 5.02 Å². The van der Waals surface area contributed by atoms with E-state index in [0.29, 0.717) is 25.3 Å². The van der Waals surface area contributed by atoms with E-state index >= 15 is 0 Å². The van der Waals surface area contributed by atoms with Gasteiger partial charge in [-0.25, -0.2) is 4.21 Å². The van der Waals surface area contributed by atoms with E-state index < -0.39 is 16.6 Å². The number of allylic oxidation sites excluding steroid dienone is 1. The van der Waals surface area contributed by atoms with Gasteiger partial charge in [0.2, 0.25) is 0 Å². The summed E-state index contributed by atoms with van der Waals surface area (Å²) >= 11 is 10.2. The lowest BCUT2D eigenvalue weighted by atomic mass is 9.77. The zero-order valence-corrected chi connectivity index (χ0v) is 32.0. The van der Waals surface area contributed by atoms with Crippen molar-refractivity contribution in [3.8, 4) is 5.75 Å². The lowest BCUT2D eigenvalue weighted by Gasteiger charge is -2.44. The standard InChI is InChI=1S/C37H53ClN2O4S3/c1-7-10-17-37(42,36-45-18-11-19-46-36)32(9-3)26(6)22-40-23-29(31-15-14-30(38)20-27(31)12-8-2)24-44-34-16-13-28(21-33(34)40)35(41)39-47(43)25(4)5/h10,13-17,20-21,25-26,29,32,36,42H,7-9,11-12,18-19,22-24H2,1-6H3,(H,39,41)/b17-10+. The van der Waals surface area contributed by atoms with Crippen molar-refractivity contribution in [2.24, 2.45) is 11.8 Å². The monoisotopic (exact) mass is 720 g/mol. The van der Waals surface area contributed by atoms with Gasteiger partial charge in [0.15, 0.2) is 0 Å². The Morgan fingerprint density at radius 2 is 1.91 bits per heavy atom. The second-order valence-electron chi connectivity index (χ2n) is 13.1. The number of halogens is 1. The highest BCUT2D eigenvalue weighted by atomic mass is 35.5. The van der Waals surface area contributed by atoms with Crippen molar-refractivity contribution < 1.29 is 18.8 Å². The average molecular weight is 721 g/mol. The Bertz CT molecular complexity index is 1400. The van der Waals surface area contributed by atoms with Crippen molar-refractivity contribution in [2.45, 2.75) is 95.0 Å². The third-order valence-electron chi connectivity index (χ3n) is 9.18. The number of hydrogen-bond acceptors (Lipinski definition) is 7. The van der Waals surface area contributed by atoms with E-state index in [-0.39, 0.29) is 33.5 Å². The molecule has 10 heteroatoms. The number of anilines is 1. The van der Waals surface area contributed by atoms with Crippen LogP contribution in [-0.4, -0.2) is 61.9 Å². The molecule has 47 heavy (non-hydrogen) atoms. The van der Waals surface area contributed by atoms with Crippen LogP contribution in [0.15, 0.2) is 48.6 Å². The largest absolute Gasteiger partial charge is 0.491 e. The van der Waals surface area contributed by atoms with E-state index in [9.17, 15) is 14.1 Å². The molecule has 2 N–H and O–H groups in total. The molecule has 260 valence electrons. The van der Waals surface area contributed by atoms with Gasteiger partial charge in [0.05, 0.1) is 16.9 Å². The molecule has 4 rings (SSSR count). The lowest BCUT2D eigenvalue weighted by molar-refractivity contribution is 0.0165. The maximum absolute atomic E-state index is 13.2. The van der Waals surface area contributed by atoms with E-state index in [4.69, 9.17) is 16.3 Å². The number of thioether (sulfide) groups is 2. The van der Waals surface area contributed by atoms with Crippen molar-refractivity contribution in [3.63, 3.8) is 0 Å². The fourth-order valence-electron chi connectivity index (χ4n) is 6.82. The molecule has 0 bridgehead atoms. The summed E-state index contributed by atoms with van der Waals surface area (Å²) in [5, 5.41) is 13.1. The van der Waals surface area contributed by atoms with Crippen LogP contribution in [0.5, 0.6) is 5.75 Å². The highest BCUT2D eigenvalue weighted by Gasteiger charge is 2.45. The Balaban J connectivity index is 1.74. The Morgan fingerprint density at radius 3 is 2.57 bits per heavy atom. The van der Waals surface area contributed by atoms with Crippen LogP contribution in [0.1, 0.15) is 94.6 Å². The number of nitrogens with zero attached hydrogens (tertiary/aromatic N) is 1. The summed E-state index contributed by atoms with van der Waals surface area (Å²) in [6.07, 6.45) is 9.03. The number of rotatable bonds is 14. The molecule has 1 fully saturated rings. The zero-order valence-electron chi connectivity index (χ0n) is 28.8. The normalized spacial score (nSPS) is 20.6. The van der Waals surface area contributed by atoms with E-state index in [1.54, 1.807) is 6.07 Å². The van der Waals surface area contributed by atoms with Gasteiger partial charge < -0.3 is 14.7 Å². The van der Waals surface area contributed by atoms with E-state index in [1.807, 2.05) is 55.6 Å². The fraction of sp³-hybridized carbons (Fsp3) is 0.595. The molecular formula is C37H53ClN2O4S3. The van der Waals surface area contributed by atoms with Gasteiger partial charge in [0, 0.05) is 34.8 Å². The number of amides is 1. The molecule has 2 aliphatic rings. The van der Waals surface area contributed by atoms with Gasteiger partial charge >= 0.3 is 0 Å². The molecule has 2 aromatic rings. The first-order chi connectivity index (χ1) is 22.5. The predicted molar refractivity (Wildman–Crippen MR) is 204 cm³/mol. The van der Waals surface area contributed by atoms with Gasteiger partial charge in [-0.3, -0.25) is 9.52 Å². The second-order valence-corrected chi connectivity index (χ2v) is 18.0. The summed E-state index contributed by atoms with van der Waals surface area (Å²) in [4.78, 5) is 15.6. The van der Waals surface area contributed by atoms with Gasteiger partial charge in [0.1, 0.15) is 22.3 Å². The molecule has 2 aromatic carbocycles. The summed E-state index contributed by atoms with van der Waals surface area (Å²) in [7, 11) is -1.48. The number of aryl methyl sites for hydroxylation is 1. The SMILES string of the molecule is CC/C=C/C(O)(C1SCCCS1)C(CC)C(C)CN1CC(c2ccc(Cl)cc2CCC)COc2ccc(C(=O)NS(=O)C(C)C)cc21. The zero-order chi connectivity index (χ0) is 34.1. The van der Waals surface area contributed by atoms with Crippen LogP contribution >= 0.6 is 35.1 Å². The first-order valence-corrected chi connectivity index (χ1v) is 20.9. The Hall–Kier alpha value is -1.65. The summed E-state index contributed by atoms with van der Waals surface area (Å²) < 4.78 is 21.8. The first kappa shape index (κ1) is 38.2. The number of ether oxygens (including phenoxy) is 1. The summed E-state index contributed by atoms with van der Waals surface area (Å²) in [5.74, 6) is 2.70. The predicted octanol–water partition coefficient (Wildman–Crippen LogP) is 8.63. The van der Waals surface area contributed by atoms with Crippen molar-refractivity contribution in [3.05, 3.63) is 70.3 Å². The highest BCUT2D eigenvalue weighted by Crippen LogP contribution is 2.46. The van der Waals surface area contributed by atoms with Gasteiger partial charge in [-0.05, 0) is 104 Å². The van der Waals surface area contributed by atoms with Crippen LogP contribution in [-0.2, 0) is 17.4 Å². The first-order valence-electron chi connectivity index (χ1n) is 17.2. The minimum atomic E-state index is -1.48. The second kappa shape index (κ2) is 17.8. The molecule has 2 heterocycles. The molecule has 1 amide bonds. The smallest absolute Gasteiger partial charge is 0.263 e. The molecule has 1 saturated heterocycles. The molecule has 2 aliphatic heterocycles. The minimum absolute atomic E-state index is 0.0191. The highest BCUT2D eigenvalue weighted by molar-refractivity contribution is 8.17. The number of carbonyl (C=O) groups excluding carboxylic acids is 1. The number of aliphatic hydroxyl groups is 1. The molecule has 6 nitrogen and oxygen atoms in total. The fourth-order valence-corrected chi connectivity index (χ4v) is 10.8. The molecule has 5 atom stereocenters. The maximum Gasteiger partial charge on any atom is 0.263 e. The molecular weight excluding hydrogens is 668 g/mol. The Labute approximate surface area is 298 Å². The number of hydrogen-bond donors (Lipinski definition) is 2. The van der Waals surface area contributed by atoms with E-state index in [1.165, 1.54) is 17.5 Å². The van der Waals surface area contributed by atoms with Gasteiger partial charge in [-0.15, -0.1) is 23.5 Å².